The van der Waals surface area contributed by atoms with E-state index in [4.69, 9.17) is 0 Å². The van der Waals surface area contributed by atoms with Gasteiger partial charge in [-0.2, -0.15) is 4.31 Å². The van der Waals surface area contributed by atoms with Gasteiger partial charge in [0.05, 0.1) is 29.2 Å². The molecule has 2 heterocycles. The molecule has 1 aliphatic rings. The van der Waals surface area contributed by atoms with Gasteiger partial charge in [0, 0.05) is 24.6 Å². The van der Waals surface area contributed by atoms with Gasteiger partial charge < -0.3 is 4.57 Å². The summed E-state index contributed by atoms with van der Waals surface area (Å²) < 4.78 is 29.4. The number of rotatable bonds is 4. The zero-order valence-electron chi connectivity index (χ0n) is 14.1. The number of aromatic nitrogens is 2. The molecule has 0 spiro atoms. The molecule has 128 valence electrons. The van der Waals surface area contributed by atoms with Crippen LogP contribution in [0.25, 0.3) is 0 Å². The lowest BCUT2D eigenvalue weighted by molar-refractivity contribution is 0.101. The quantitative estimate of drug-likeness (QED) is 0.796. The predicted molar refractivity (Wildman–Crippen MR) is 90.4 cm³/mol. The van der Waals surface area contributed by atoms with Crippen molar-refractivity contribution in [2.24, 2.45) is 0 Å². The summed E-state index contributed by atoms with van der Waals surface area (Å²) in [6, 6.07) is 6.45. The maximum Gasteiger partial charge on any atom is 0.243 e. The highest BCUT2D eigenvalue weighted by molar-refractivity contribution is 7.89. The second kappa shape index (κ2) is 6.14. The van der Waals surface area contributed by atoms with E-state index >= 15 is 0 Å². The number of hydrogen-bond acceptors (Lipinski definition) is 4. The molecule has 7 heteroatoms. The first-order chi connectivity index (χ1) is 11.3. The SMILES string of the molecule is CC(=O)c1cccc(S(=O)(=O)N2CCc3ncn(C(C)C)c3C2)c1. The summed E-state index contributed by atoms with van der Waals surface area (Å²) in [4.78, 5) is 16.1. The lowest BCUT2D eigenvalue weighted by atomic mass is 10.1. The molecule has 0 amide bonds. The van der Waals surface area contributed by atoms with Crippen molar-refractivity contribution in [3.05, 3.63) is 47.5 Å². The number of carbonyl (C=O) groups is 1. The van der Waals surface area contributed by atoms with Crippen LogP contribution in [0.15, 0.2) is 35.5 Å². The topological polar surface area (TPSA) is 72.3 Å². The van der Waals surface area contributed by atoms with E-state index in [2.05, 4.69) is 4.98 Å². The van der Waals surface area contributed by atoms with E-state index in [1.54, 1.807) is 18.5 Å². The fourth-order valence-corrected chi connectivity index (χ4v) is 4.41. The van der Waals surface area contributed by atoms with Crippen molar-refractivity contribution in [1.29, 1.82) is 0 Å². The third-order valence-corrected chi connectivity index (χ3v) is 6.18. The van der Waals surface area contributed by atoms with Crippen LogP contribution in [0.1, 0.15) is 48.6 Å². The normalized spacial score (nSPS) is 15.5. The van der Waals surface area contributed by atoms with E-state index in [1.807, 2.05) is 18.4 Å². The first-order valence-corrected chi connectivity index (χ1v) is 9.40. The summed E-state index contributed by atoms with van der Waals surface area (Å²) in [7, 11) is -3.64. The van der Waals surface area contributed by atoms with Crippen LogP contribution in [0.2, 0.25) is 0 Å². The van der Waals surface area contributed by atoms with Gasteiger partial charge in [-0.1, -0.05) is 12.1 Å². The second-order valence-corrected chi connectivity index (χ2v) is 8.25. The summed E-state index contributed by atoms with van der Waals surface area (Å²) in [5, 5.41) is 0. The van der Waals surface area contributed by atoms with Crippen LogP contribution < -0.4 is 0 Å². The average molecular weight is 347 g/mol. The van der Waals surface area contributed by atoms with Crippen molar-refractivity contribution < 1.29 is 13.2 Å². The van der Waals surface area contributed by atoms with E-state index in [9.17, 15) is 13.2 Å². The summed E-state index contributed by atoms with van der Waals surface area (Å²) in [6.07, 6.45) is 2.38. The van der Waals surface area contributed by atoms with Crippen LogP contribution in [0.3, 0.4) is 0 Å². The summed E-state index contributed by atoms with van der Waals surface area (Å²) >= 11 is 0. The van der Waals surface area contributed by atoms with Gasteiger partial charge in [-0.15, -0.1) is 0 Å². The van der Waals surface area contributed by atoms with Crippen molar-refractivity contribution in [2.45, 2.75) is 44.7 Å². The molecule has 2 aromatic rings. The van der Waals surface area contributed by atoms with Crippen LogP contribution in [0, 0.1) is 0 Å². The minimum atomic E-state index is -3.64. The van der Waals surface area contributed by atoms with E-state index in [0.717, 1.165) is 11.4 Å². The number of nitrogens with zero attached hydrogens (tertiary/aromatic N) is 3. The molecule has 6 nitrogen and oxygen atoms in total. The number of carbonyl (C=O) groups excluding carboxylic acids is 1. The Morgan fingerprint density at radius 2 is 2.04 bits per heavy atom. The van der Waals surface area contributed by atoms with Gasteiger partial charge in [0.25, 0.3) is 0 Å². The Kier molecular flexibility index (Phi) is 4.31. The van der Waals surface area contributed by atoms with Crippen LogP contribution in [0.4, 0.5) is 0 Å². The number of sulfonamides is 1. The smallest absolute Gasteiger partial charge is 0.243 e. The Labute approximate surface area is 142 Å². The van der Waals surface area contributed by atoms with Gasteiger partial charge in [-0.3, -0.25) is 4.79 Å². The van der Waals surface area contributed by atoms with Crippen LogP contribution in [-0.2, 0) is 23.0 Å². The van der Waals surface area contributed by atoms with Gasteiger partial charge in [0.15, 0.2) is 5.78 Å². The molecule has 0 saturated heterocycles. The minimum Gasteiger partial charge on any atom is -0.331 e. The molecule has 24 heavy (non-hydrogen) atoms. The van der Waals surface area contributed by atoms with Crippen LogP contribution >= 0.6 is 0 Å². The summed E-state index contributed by atoms with van der Waals surface area (Å²) in [5.41, 5.74) is 2.32. The molecule has 1 aromatic heterocycles. The molecule has 0 saturated carbocycles. The van der Waals surface area contributed by atoms with Gasteiger partial charge in [-0.05, 0) is 32.9 Å². The molecule has 0 atom stereocenters. The van der Waals surface area contributed by atoms with Gasteiger partial charge >= 0.3 is 0 Å². The Hall–Kier alpha value is -1.99. The molecule has 0 aliphatic carbocycles. The highest BCUT2D eigenvalue weighted by Gasteiger charge is 2.31. The molecule has 0 radical (unpaired) electrons. The zero-order chi connectivity index (χ0) is 17.5. The molecule has 0 N–H and O–H groups in total. The lowest BCUT2D eigenvalue weighted by Crippen LogP contribution is -2.37. The van der Waals surface area contributed by atoms with Gasteiger partial charge in [0.1, 0.15) is 0 Å². The second-order valence-electron chi connectivity index (χ2n) is 6.31. The van der Waals surface area contributed by atoms with Gasteiger partial charge in [0.2, 0.25) is 10.0 Å². The fraction of sp³-hybridized carbons (Fsp3) is 0.412. The largest absolute Gasteiger partial charge is 0.331 e. The molecular formula is C17H21N3O3S. The molecule has 3 rings (SSSR count). The maximum atomic E-state index is 13.0. The molecule has 1 aromatic carbocycles. The molecule has 0 bridgehead atoms. The number of ketones is 1. The van der Waals surface area contributed by atoms with Crippen molar-refractivity contribution in [1.82, 2.24) is 13.9 Å². The Morgan fingerprint density at radius 1 is 1.29 bits per heavy atom. The average Bonchev–Trinajstić information content (AvgIpc) is 2.98. The maximum absolute atomic E-state index is 13.0. The summed E-state index contributed by atoms with van der Waals surface area (Å²) in [5.74, 6) is -0.147. The molecule has 0 fully saturated rings. The number of Topliss-reactive ketones (excluding diaryl/α,β-unsaturated/α-hetero) is 1. The first kappa shape index (κ1) is 16.9. The third kappa shape index (κ3) is 2.89. The number of fused-ring (bicyclic) bond motifs is 1. The van der Waals surface area contributed by atoms with Crippen molar-refractivity contribution in [3.63, 3.8) is 0 Å². The fourth-order valence-electron chi connectivity index (χ4n) is 2.96. The van der Waals surface area contributed by atoms with Crippen molar-refractivity contribution >= 4 is 15.8 Å². The molecular weight excluding hydrogens is 326 g/mol. The van der Waals surface area contributed by atoms with E-state index in [-0.39, 0.29) is 16.7 Å². The third-order valence-electron chi connectivity index (χ3n) is 4.34. The standard InChI is InChI=1S/C17H21N3O3S/c1-12(2)20-11-18-16-7-8-19(10-17(16)20)24(22,23)15-6-4-5-14(9-15)13(3)21/h4-6,9,11-12H,7-8,10H2,1-3H3. The number of imidazole rings is 1. The number of hydrogen-bond donors (Lipinski definition) is 0. The number of benzene rings is 1. The minimum absolute atomic E-state index is 0.147. The van der Waals surface area contributed by atoms with Crippen molar-refractivity contribution in [2.75, 3.05) is 6.54 Å². The van der Waals surface area contributed by atoms with E-state index in [0.29, 0.717) is 25.1 Å². The lowest BCUT2D eigenvalue weighted by Gasteiger charge is -2.27. The molecule has 1 aliphatic heterocycles. The van der Waals surface area contributed by atoms with Crippen molar-refractivity contribution in [3.8, 4) is 0 Å². The zero-order valence-corrected chi connectivity index (χ0v) is 14.9. The highest BCUT2D eigenvalue weighted by atomic mass is 32.2. The monoisotopic (exact) mass is 347 g/mol. The predicted octanol–water partition coefficient (Wildman–Crippen LogP) is 2.41. The highest BCUT2D eigenvalue weighted by Crippen LogP contribution is 2.26. The Balaban J connectivity index is 1.95. The van der Waals surface area contributed by atoms with Crippen LogP contribution in [-0.4, -0.2) is 34.6 Å². The van der Waals surface area contributed by atoms with E-state index < -0.39 is 10.0 Å². The van der Waals surface area contributed by atoms with E-state index in [1.165, 1.54) is 23.4 Å². The Morgan fingerprint density at radius 3 is 2.71 bits per heavy atom. The summed E-state index contributed by atoms with van der Waals surface area (Å²) in [6.45, 7) is 6.23. The first-order valence-electron chi connectivity index (χ1n) is 7.96. The Bertz CT molecular complexity index is 884. The van der Waals surface area contributed by atoms with Gasteiger partial charge in [-0.25, -0.2) is 13.4 Å². The van der Waals surface area contributed by atoms with Crippen LogP contribution in [0.5, 0.6) is 0 Å². The molecule has 0 unspecified atom stereocenters.